The Balaban J connectivity index is 1.50. The van der Waals surface area contributed by atoms with Gasteiger partial charge in [-0.25, -0.2) is 8.42 Å². The lowest BCUT2D eigenvalue weighted by Gasteiger charge is -2.36. The Bertz CT molecular complexity index is 1270. The molecule has 1 amide bonds. The number of piperazine rings is 1. The second-order valence-corrected chi connectivity index (χ2v) is 10.2. The summed E-state index contributed by atoms with van der Waals surface area (Å²) in [4.78, 5) is 17.0. The number of benzene rings is 3. The molecule has 1 heterocycles. The standard InChI is InChI=1S/C25H26ClN3O3S/c1-18-8-10-21(16-19(18)2)27-33(31,32)24-17-20(9-11-23(24)26)25(30)29-14-12-28(13-15-29)22-6-4-3-5-7-22/h3-11,16-17,27H,12-15H2,1-2H3. The van der Waals surface area contributed by atoms with E-state index in [0.29, 0.717) is 37.4 Å². The minimum absolute atomic E-state index is 0.0665. The van der Waals surface area contributed by atoms with Crippen molar-refractivity contribution in [1.82, 2.24) is 4.90 Å². The topological polar surface area (TPSA) is 69.7 Å². The van der Waals surface area contributed by atoms with Gasteiger partial charge in [-0.3, -0.25) is 9.52 Å². The zero-order valence-electron chi connectivity index (χ0n) is 18.6. The van der Waals surface area contributed by atoms with E-state index in [-0.39, 0.29) is 15.8 Å². The summed E-state index contributed by atoms with van der Waals surface area (Å²) in [6.45, 7) is 6.40. The van der Waals surface area contributed by atoms with Crippen LogP contribution in [0, 0.1) is 13.8 Å². The van der Waals surface area contributed by atoms with E-state index in [9.17, 15) is 13.2 Å². The molecule has 1 fully saturated rings. The van der Waals surface area contributed by atoms with E-state index < -0.39 is 10.0 Å². The van der Waals surface area contributed by atoms with Gasteiger partial charge in [0.25, 0.3) is 15.9 Å². The zero-order chi connectivity index (χ0) is 23.6. The average molecular weight is 484 g/mol. The molecule has 1 N–H and O–H groups in total. The SMILES string of the molecule is Cc1ccc(NS(=O)(=O)c2cc(C(=O)N3CCN(c4ccccc4)CC3)ccc2Cl)cc1C. The fraction of sp³-hybridized carbons (Fsp3) is 0.240. The third-order valence-electron chi connectivity index (χ3n) is 5.92. The Morgan fingerprint density at radius 1 is 0.879 bits per heavy atom. The van der Waals surface area contributed by atoms with Crippen LogP contribution in [0.4, 0.5) is 11.4 Å². The molecule has 0 aromatic heterocycles. The maximum Gasteiger partial charge on any atom is 0.263 e. The molecular formula is C25H26ClN3O3S. The van der Waals surface area contributed by atoms with Gasteiger partial charge < -0.3 is 9.80 Å². The van der Waals surface area contributed by atoms with Gasteiger partial charge >= 0.3 is 0 Å². The lowest BCUT2D eigenvalue weighted by atomic mass is 10.1. The van der Waals surface area contributed by atoms with Crippen molar-refractivity contribution >= 4 is 38.9 Å². The molecule has 6 nitrogen and oxygen atoms in total. The normalized spacial score (nSPS) is 14.3. The quantitative estimate of drug-likeness (QED) is 0.570. The molecule has 1 aliphatic rings. The fourth-order valence-corrected chi connectivity index (χ4v) is 5.42. The largest absolute Gasteiger partial charge is 0.368 e. The number of carbonyl (C=O) groups is 1. The Morgan fingerprint density at radius 3 is 2.24 bits per heavy atom. The highest BCUT2D eigenvalue weighted by molar-refractivity contribution is 7.92. The summed E-state index contributed by atoms with van der Waals surface area (Å²) in [5, 5.41) is 0.0665. The van der Waals surface area contributed by atoms with Gasteiger partial charge in [0, 0.05) is 43.1 Å². The maximum absolute atomic E-state index is 13.1. The lowest BCUT2D eigenvalue weighted by Crippen LogP contribution is -2.48. The summed E-state index contributed by atoms with van der Waals surface area (Å²) in [6.07, 6.45) is 0. The van der Waals surface area contributed by atoms with E-state index in [1.54, 1.807) is 23.1 Å². The number of carbonyl (C=O) groups excluding carboxylic acids is 1. The summed E-state index contributed by atoms with van der Waals surface area (Å²) in [5.41, 5.74) is 3.91. The molecule has 3 aromatic rings. The Hall–Kier alpha value is -3.03. The molecule has 0 atom stereocenters. The van der Waals surface area contributed by atoms with E-state index >= 15 is 0 Å². The third kappa shape index (κ3) is 5.15. The highest BCUT2D eigenvalue weighted by Gasteiger charge is 2.25. The van der Waals surface area contributed by atoms with Crippen molar-refractivity contribution in [2.75, 3.05) is 35.8 Å². The zero-order valence-corrected chi connectivity index (χ0v) is 20.2. The van der Waals surface area contributed by atoms with Crippen molar-refractivity contribution in [3.05, 3.63) is 88.4 Å². The molecule has 33 heavy (non-hydrogen) atoms. The Labute approximate surface area is 199 Å². The number of hydrogen-bond donors (Lipinski definition) is 1. The number of amides is 1. The number of anilines is 2. The summed E-state index contributed by atoms with van der Waals surface area (Å²) >= 11 is 6.23. The van der Waals surface area contributed by atoms with E-state index in [1.807, 2.05) is 38.1 Å². The highest BCUT2D eigenvalue weighted by Crippen LogP contribution is 2.27. The summed E-state index contributed by atoms with van der Waals surface area (Å²) in [7, 11) is -3.97. The van der Waals surface area contributed by atoms with E-state index in [4.69, 9.17) is 11.6 Å². The number of para-hydroxylation sites is 1. The summed E-state index contributed by atoms with van der Waals surface area (Å²) in [6, 6.07) is 19.8. The maximum atomic E-state index is 13.1. The number of halogens is 1. The van der Waals surface area contributed by atoms with Crippen molar-refractivity contribution in [3.8, 4) is 0 Å². The minimum Gasteiger partial charge on any atom is -0.368 e. The predicted molar refractivity (Wildman–Crippen MR) is 133 cm³/mol. The second-order valence-electron chi connectivity index (χ2n) is 8.16. The first-order valence-electron chi connectivity index (χ1n) is 10.7. The first-order valence-corrected chi connectivity index (χ1v) is 12.6. The molecule has 4 rings (SSSR count). The first kappa shape index (κ1) is 23.1. The van der Waals surface area contributed by atoms with Gasteiger partial charge in [-0.1, -0.05) is 35.9 Å². The molecule has 0 radical (unpaired) electrons. The fourth-order valence-electron chi connectivity index (χ4n) is 3.85. The number of rotatable bonds is 5. The monoisotopic (exact) mass is 483 g/mol. The number of hydrogen-bond acceptors (Lipinski definition) is 4. The lowest BCUT2D eigenvalue weighted by molar-refractivity contribution is 0.0746. The molecule has 0 saturated carbocycles. The molecule has 0 unspecified atom stereocenters. The van der Waals surface area contributed by atoms with Crippen LogP contribution in [0.25, 0.3) is 0 Å². The van der Waals surface area contributed by atoms with Gasteiger partial charge in [0.2, 0.25) is 0 Å². The molecule has 0 bridgehead atoms. The van der Waals surface area contributed by atoms with Gasteiger partial charge in [0.05, 0.1) is 5.02 Å². The van der Waals surface area contributed by atoms with Crippen molar-refractivity contribution in [3.63, 3.8) is 0 Å². The van der Waals surface area contributed by atoms with Crippen LogP contribution in [0.5, 0.6) is 0 Å². The van der Waals surface area contributed by atoms with Crippen LogP contribution in [0.3, 0.4) is 0 Å². The van der Waals surface area contributed by atoms with Gasteiger partial charge in [0.15, 0.2) is 0 Å². The van der Waals surface area contributed by atoms with Gasteiger partial charge in [-0.15, -0.1) is 0 Å². The number of sulfonamides is 1. The van der Waals surface area contributed by atoms with Crippen LogP contribution in [-0.2, 0) is 10.0 Å². The van der Waals surface area contributed by atoms with E-state index in [1.165, 1.54) is 12.1 Å². The predicted octanol–water partition coefficient (Wildman–Crippen LogP) is 4.72. The van der Waals surface area contributed by atoms with Crippen LogP contribution < -0.4 is 9.62 Å². The van der Waals surface area contributed by atoms with Crippen LogP contribution >= 0.6 is 11.6 Å². The van der Waals surface area contributed by atoms with E-state index in [0.717, 1.165) is 16.8 Å². The van der Waals surface area contributed by atoms with Crippen LogP contribution in [0.15, 0.2) is 71.6 Å². The first-order chi connectivity index (χ1) is 15.7. The second kappa shape index (κ2) is 9.45. The molecule has 1 saturated heterocycles. The number of nitrogens with one attached hydrogen (secondary N) is 1. The summed E-state index contributed by atoms with van der Waals surface area (Å²) < 4.78 is 28.7. The number of aryl methyl sites for hydroxylation is 2. The Kier molecular flexibility index (Phi) is 6.63. The van der Waals surface area contributed by atoms with Crippen molar-refractivity contribution in [2.45, 2.75) is 18.7 Å². The van der Waals surface area contributed by atoms with Crippen LogP contribution in [0.2, 0.25) is 5.02 Å². The van der Waals surface area contributed by atoms with Gasteiger partial charge in [-0.2, -0.15) is 0 Å². The average Bonchev–Trinajstić information content (AvgIpc) is 2.82. The molecule has 3 aromatic carbocycles. The van der Waals surface area contributed by atoms with Gasteiger partial charge in [-0.05, 0) is 67.4 Å². The van der Waals surface area contributed by atoms with Gasteiger partial charge in [0.1, 0.15) is 4.90 Å². The highest BCUT2D eigenvalue weighted by atomic mass is 35.5. The number of nitrogens with zero attached hydrogens (tertiary/aromatic N) is 2. The summed E-state index contributed by atoms with van der Waals surface area (Å²) in [5.74, 6) is -0.206. The Morgan fingerprint density at radius 2 is 1.58 bits per heavy atom. The van der Waals surface area contributed by atoms with Crippen molar-refractivity contribution in [1.29, 1.82) is 0 Å². The van der Waals surface area contributed by atoms with E-state index in [2.05, 4.69) is 21.8 Å². The molecule has 1 aliphatic heterocycles. The smallest absolute Gasteiger partial charge is 0.263 e. The molecule has 8 heteroatoms. The molecule has 172 valence electrons. The third-order valence-corrected chi connectivity index (χ3v) is 7.78. The van der Waals surface area contributed by atoms with Crippen LogP contribution in [0.1, 0.15) is 21.5 Å². The molecule has 0 aliphatic carbocycles. The minimum atomic E-state index is -3.97. The molecule has 0 spiro atoms. The van der Waals surface area contributed by atoms with Crippen molar-refractivity contribution in [2.24, 2.45) is 0 Å². The van der Waals surface area contributed by atoms with Crippen molar-refractivity contribution < 1.29 is 13.2 Å². The van der Waals surface area contributed by atoms with Crippen LogP contribution in [-0.4, -0.2) is 45.4 Å². The molecular weight excluding hydrogens is 458 g/mol.